The van der Waals surface area contributed by atoms with Crippen LogP contribution >= 0.6 is 22.6 Å². The molecule has 0 fully saturated rings. The number of hydrogen-bond acceptors (Lipinski definition) is 4. The summed E-state index contributed by atoms with van der Waals surface area (Å²) in [6.07, 6.45) is -0.446. The molecule has 3 amide bonds. The van der Waals surface area contributed by atoms with Gasteiger partial charge in [0.15, 0.2) is 0 Å². The van der Waals surface area contributed by atoms with E-state index in [0.29, 0.717) is 0 Å². The lowest BCUT2D eigenvalue weighted by atomic mass is 10.1. The van der Waals surface area contributed by atoms with Crippen LogP contribution in [-0.4, -0.2) is 30.5 Å². The molecule has 0 radical (unpaired) electrons. The SMILES string of the molecule is NC(=O)[C@H](Cc1ccc(I)cc1)NC(=O)CNC(=O)OCc1ccccc1. The van der Waals surface area contributed by atoms with Crippen LogP contribution in [0.25, 0.3) is 0 Å². The van der Waals surface area contributed by atoms with Crippen molar-refractivity contribution in [2.75, 3.05) is 6.54 Å². The van der Waals surface area contributed by atoms with Crippen molar-refractivity contribution in [3.8, 4) is 0 Å². The van der Waals surface area contributed by atoms with Gasteiger partial charge in [-0.25, -0.2) is 4.79 Å². The Kier molecular flexibility index (Phi) is 8.05. The Morgan fingerprint density at radius 2 is 1.67 bits per heavy atom. The molecule has 0 heterocycles. The Morgan fingerprint density at radius 3 is 2.30 bits per heavy atom. The fourth-order valence-corrected chi connectivity index (χ4v) is 2.61. The van der Waals surface area contributed by atoms with Crippen molar-refractivity contribution >= 4 is 40.5 Å². The first-order valence-corrected chi connectivity index (χ1v) is 9.29. The van der Waals surface area contributed by atoms with Gasteiger partial charge in [0.05, 0.1) is 0 Å². The molecule has 0 aliphatic carbocycles. The number of amides is 3. The minimum atomic E-state index is -0.861. The predicted octanol–water partition coefficient (Wildman–Crippen LogP) is 1.73. The maximum Gasteiger partial charge on any atom is 0.407 e. The molecule has 0 aliphatic rings. The average Bonchev–Trinajstić information content (AvgIpc) is 2.66. The molecule has 2 aromatic carbocycles. The van der Waals surface area contributed by atoms with E-state index in [1.807, 2.05) is 54.6 Å². The lowest BCUT2D eigenvalue weighted by Crippen LogP contribution is -2.49. The summed E-state index contributed by atoms with van der Waals surface area (Å²) in [6.45, 7) is -0.213. The maximum atomic E-state index is 12.0. The van der Waals surface area contributed by atoms with Crippen molar-refractivity contribution in [3.05, 3.63) is 69.3 Å². The summed E-state index contributed by atoms with van der Waals surface area (Å²) in [6, 6.07) is 15.8. The second kappa shape index (κ2) is 10.5. The van der Waals surface area contributed by atoms with Crippen molar-refractivity contribution in [2.45, 2.75) is 19.1 Å². The molecule has 0 aromatic heterocycles. The highest BCUT2D eigenvalue weighted by Crippen LogP contribution is 2.09. The fourth-order valence-electron chi connectivity index (χ4n) is 2.25. The Hall–Kier alpha value is -2.62. The Morgan fingerprint density at radius 1 is 1.00 bits per heavy atom. The van der Waals surface area contributed by atoms with E-state index in [1.54, 1.807) is 0 Å². The molecule has 7 nitrogen and oxygen atoms in total. The van der Waals surface area contributed by atoms with Gasteiger partial charge < -0.3 is 21.1 Å². The lowest BCUT2D eigenvalue weighted by molar-refractivity contribution is -0.126. The van der Waals surface area contributed by atoms with Crippen molar-refractivity contribution < 1.29 is 19.1 Å². The smallest absolute Gasteiger partial charge is 0.407 e. The van der Waals surface area contributed by atoms with Gasteiger partial charge in [0.25, 0.3) is 0 Å². The molecule has 2 rings (SSSR count). The minimum Gasteiger partial charge on any atom is -0.445 e. The molecule has 142 valence electrons. The van der Waals surface area contributed by atoms with Crippen LogP contribution in [-0.2, 0) is 27.4 Å². The number of carbonyl (C=O) groups is 3. The molecule has 0 bridgehead atoms. The third kappa shape index (κ3) is 7.65. The van der Waals surface area contributed by atoms with E-state index in [-0.39, 0.29) is 19.6 Å². The van der Waals surface area contributed by atoms with Crippen molar-refractivity contribution in [3.63, 3.8) is 0 Å². The van der Waals surface area contributed by atoms with E-state index in [9.17, 15) is 14.4 Å². The molecule has 4 N–H and O–H groups in total. The summed E-state index contributed by atoms with van der Waals surface area (Å²) < 4.78 is 6.08. The van der Waals surface area contributed by atoms with Gasteiger partial charge in [-0.15, -0.1) is 0 Å². The molecule has 1 atom stereocenters. The highest BCUT2D eigenvalue weighted by molar-refractivity contribution is 14.1. The lowest BCUT2D eigenvalue weighted by Gasteiger charge is -2.16. The number of ether oxygens (including phenoxy) is 1. The first kappa shape index (κ1) is 20.7. The number of rotatable bonds is 8. The van der Waals surface area contributed by atoms with Crippen LogP contribution in [0.1, 0.15) is 11.1 Å². The number of nitrogens with two attached hydrogens (primary N) is 1. The van der Waals surface area contributed by atoms with Gasteiger partial charge >= 0.3 is 6.09 Å². The van der Waals surface area contributed by atoms with E-state index < -0.39 is 23.9 Å². The number of alkyl carbamates (subject to hydrolysis) is 1. The van der Waals surface area contributed by atoms with Crippen LogP contribution in [0.3, 0.4) is 0 Å². The van der Waals surface area contributed by atoms with Gasteiger partial charge in [-0.05, 0) is 45.9 Å². The van der Waals surface area contributed by atoms with Gasteiger partial charge in [0.2, 0.25) is 11.8 Å². The van der Waals surface area contributed by atoms with Gasteiger partial charge in [-0.2, -0.15) is 0 Å². The van der Waals surface area contributed by atoms with Crippen molar-refractivity contribution in [1.29, 1.82) is 0 Å². The van der Waals surface area contributed by atoms with Crippen molar-refractivity contribution in [1.82, 2.24) is 10.6 Å². The first-order chi connectivity index (χ1) is 12.9. The number of nitrogens with one attached hydrogen (secondary N) is 2. The number of hydrogen-bond donors (Lipinski definition) is 3. The third-order valence-electron chi connectivity index (χ3n) is 3.64. The second-order valence-electron chi connectivity index (χ2n) is 5.77. The van der Waals surface area contributed by atoms with Crippen LogP contribution in [0.4, 0.5) is 4.79 Å². The van der Waals surface area contributed by atoms with E-state index in [4.69, 9.17) is 10.5 Å². The summed E-state index contributed by atoms with van der Waals surface area (Å²) in [5.41, 5.74) is 7.07. The normalized spacial score (nSPS) is 11.3. The van der Waals surface area contributed by atoms with Gasteiger partial charge in [-0.1, -0.05) is 42.5 Å². The Labute approximate surface area is 170 Å². The zero-order valence-corrected chi connectivity index (χ0v) is 16.6. The van der Waals surface area contributed by atoms with Crippen LogP contribution in [0.2, 0.25) is 0 Å². The summed E-state index contributed by atoms with van der Waals surface area (Å²) in [4.78, 5) is 35.2. The molecular weight excluding hydrogens is 461 g/mol. The standard InChI is InChI=1S/C19H20IN3O4/c20-15-8-6-13(7-9-15)10-16(18(21)25)23-17(24)11-22-19(26)27-12-14-4-2-1-3-5-14/h1-9,16H,10-12H2,(H2,21,25)(H,22,26)(H,23,24)/t16-/m0/s1. The molecular formula is C19H20IN3O4. The minimum absolute atomic E-state index is 0.102. The molecule has 0 unspecified atom stereocenters. The highest BCUT2D eigenvalue weighted by atomic mass is 127. The molecule has 0 saturated carbocycles. The summed E-state index contributed by atoms with van der Waals surface area (Å²) in [5, 5.41) is 4.87. The zero-order chi connectivity index (χ0) is 19.6. The second-order valence-corrected chi connectivity index (χ2v) is 7.01. The van der Waals surface area contributed by atoms with Crippen LogP contribution < -0.4 is 16.4 Å². The molecule has 8 heteroatoms. The van der Waals surface area contributed by atoms with Gasteiger partial charge in [0.1, 0.15) is 19.2 Å². The molecule has 0 saturated heterocycles. The maximum absolute atomic E-state index is 12.0. The molecule has 27 heavy (non-hydrogen) atoms. The van der Waals surface area contributed by atoms with Gasteiger partial charge in [0, 0.05) is 9.99 Å². The van der Waals surface area contributed by atoms with Crippen molar-refractivity contribution in [2.24, 2.45) is 5.73 Å². The molecule has 0 aliphatic heterocycles. The Bertz CT molecular complexity index is 781. The van der Waals surface area contributed by atoms with Gasteiger partial charge in [-0.3, -0.25) is 9.59 Å². The summed E-state index contributed by atoms with van der Waals surface area (Å²) in [7, 11) is 0. The van der Waals surface area contributed by atoms with E-state index in [1.165, 1.54) is 0 Å². The largest absolute Gasteiger partial charge is 0.445 e. The highest BCUT2D eigenvalue weighted by Gasteiger charge is 2.19. The number of halogens is 1. The Balaban J connectivity index is 1.77. The zero-order valence-electron chi connectivity index (χ0n) is 14.5. The molecule has 0 spiro atoms. The van der Waals surface area contributed by atoms with Crippen LogP contribution in [0.5, 0.6) is 0 Å². The molecule has 2 aromatic rings. The monoisotopic (exact) mass is 481 g/mol. The quantitative estimate of drug-likeness (QED) is 0.499. The number of primary amides is 1. The predicted molar refractivity (Wildman–Crippen MR) is 109 cm³/mol. The van der Waals surface area contributed by atoms with E-state index >= 15 is 0 Å². The van der Waals surface area contributed by atoms with E-state index in [2.05, 4.69) is 33.2 Å². The first-order valence-electron chi connectivity index (χ1n) is 8.21. The number of carbonyl (C=O) groups excluding carboxylic acids is 3. The average molecular weight is 481 g/mol. The van der Waals surface area contributed by atoms with Crippen LogP contribution in [0.15, 0.2) is 54.6 Å². The topological polar surface area (TPSA) is 111 Å². The van der Waals surface area contributed by atoms with Crippen LogP contribution in [0, 0.1) is 3.57 Å². The summed E-state index contributed by atoms with van der Waals surface area (Å²) >= 11 is 2.18. The van der Waals surface area contributed by atoms with E-state index in [0.717, 1.165) is 14.7 Å². The fraction of sp³-hybridized carbons (Fsp3) is 0.211. The summed E-state index contributed by atoms with van der Waals surface area (Å²) in [5.74, 6) is -1.17. The third-order valence-corrected chi connectivity index (χ3v) is 4.36. The number of benzene rings is 2.